The van der Waals surface area contributed by atoms with Crippen LogP contribution < -0.4 is 5.32 Å². The van der Waals surface area contributed by atoms with Crippen LogP contribution in [0.1, 0.15) is 36.7 Å². The van der Waals surface area contributed by atoms with Crippen molar-refractivity contribution in [1.82, 2.24) is 29.8 Å². The van der Waals surface area contributed by atoms with Crippen LogP contribution in [-0.2, 0) is 11.2 Å². The molecule has 0 saturated carbocycles. The number of likely N-dealkylation sites (tertiary alicyclic amines) is 1. The SMILES string of the molecule is O=C(NCCCc1nnc2ccccn12)C(c1cccnc1)N1CCCC1. The molecule has 3 aromatic rings. The highest BCUT2D eigenvalue weighted by molar-refractivity contribution is 5.83. The van der Waals surface area contributed by atoms with Crippen molar-refractivity contribution in [1.29, 1.82) is 0 Å². The summed E-state index contributed by atoms with van der Waals surface area (Å²) in [6.45, 7) is 2.53. The van der Waals surface area contributed by atoms with Gasteiger partial charge in [-0.2, -0.15) is 0 Å². The molecule has 7 heteroatoms. The zero-order valence-electron chi connectivity index (χ0n) is 15.3. The molecule has 0 spiro atoms. The molecule has 1 unspecified atom stereocenters. The highest BCUT2D eigenvalue weighted by Gasteiger charge is 2.29. The van der Waals surface area contributed by atoms with Gasteiger partial charge in [-0.1, -0.05) is 12.1 Å². The van der Waals surface area contributed by atoms with E-state index in [0.717, 1.165) is 55.8 Å². The van der Waals surface area contributed by atoms with Gasteiger partial charge in [-0.25, -0.2) is 0 Å². The van der Waals surface area contributed by atoms with Gasteiger partial charge in [0, 0.05) is 31.6 Å². The van der Waals surface area contributed by atoms with Crippen LogP contribution in [0.4, 0.5) is 0 Å². The molecule has 1 amide bonds. The van der Waals surface area contributed by atoms with E-state index in [2.05, 4.69) is 25.4 Å². The summed E-state index contributed by atoms with van der Waals surface area (Å²) in [6, 6.07) is 9.48. The number of aromatic nitrogens is 4. The Morgan fingerprint density at radius 2 is 2.04 bits per heavy atom. The largest absolute Gasteiger partial charge is 0.354 e. The average molecular weight is 364 g/mol. The number of carbonyl (C=O) groups is 1. The standard InChI is InChI=1S/C20H24N6O/c27-20(19(25-12-3-4-13-25)16-7-5-10-21-15-16)22-11-6-9-18-24-23-17-8-1-2-14-26(17)18/h1-2,5,7-8,10,14-15,19H,3-4,6,9,11-13H2,(H,22,27). The minimum absolute atomic E-state index is 0.0519. The van der Waals surface area contributed by atoms with Gasteiger partial charge in [0.05, 0.1) is 0 Å². The lowest BCUT2D eigenvalue weighted by molar-refractivity contribution is -0.126. The number of hydrogen-bond donors (Lipinski definition) is 1. The van der Waals surface area contributed by atoms with E-state index in [1.54, 1.807) is 12.4 Å². The van der Waals surface area contributed by atoms with E-state index in [1.807, 2.05) is 40.9 Å². The van der Waals surface area contributed by atoms with Crippen molar-refractivity contribution in [2.24, 2.45) is 0 Å². The van der Waals surface area contributed by atoms with Crippen molar-refractivity contribution in [2.75, 3.05) is 19.6 Å². The Kier molecular flexibility index (Phi) is 5.39. The monoisotopic (exact) mass is 364 g/mol. The highest BCUT2D eigenvalue weighted by Crippen LogP contribution is 2.24. The van der Waals surface area contributed by atoms with Crippen molar-refractivity contribution in [2.45, 2.75) is 31.7 Å². The van der Waals surface area contributed by atoms with Gasteiger partial charge in [0.1, 0.15) is 11.9 Å². The number of aryl methyl sites for hydroxylation is 1. The van der Waals surface area contributed by atoms with Crippen LogP contribution in [0.2, 0.25) is 0 Å². The molecule has 1 saturated heterocycles. The first-order chi connectivity index (χ1) is 13.3. The summed E-state index contributed by atoms with van der Waals surface area (Å²) in [5.41, 5.74) is 1.81. The van der Waals surface area contributed by atoms with Crippen LogP contribution in [0.25, 0.3) is 5.65 Å². The van der Waals surface area contributed by atoms with Crippen molar-refractivity contribution >= 4 is 11.6 Å². The molecule has 4 heterocycles. The van der Waals surface area contributed by atoms with E-state index >= 15 is 0 Å². The maximum atomic E-state index is 12.9. The first-order valence-electron chi connectivity index (χ1n) is 9.53. The first-order valence-corrected chi connectivity index (χ1v) is 9.53. The summed E-state index contributed by atoms with van der Waals surface area (Å²) < 4.78 is 1.99. The molecule has 27 heavy (non-hydrogen) atoms. The molecular formula is C20H24N6O. The van der Waals surface area contributed by atoms with Gasteiger partial charge in [-0.3, -0.25) is 19.1 Å². The molecule has 0 bridgehead atoms. The maximum Gasteiger partial charge on any atom is 0.242 e. The molecule has 1 aliphatic heterocycles. The molecular weight excluding hydrogens is 340 g/mol. The summed E-state index contributed by atoms with van der Waals surface area (Å²) in [6.07, 6.45) is 9.38. The molecule has 0 aromatic carbocycles. The Hall–Kier alpha value is -2.80. The van der Waals surface area contributed by atoms with E-state index in [1.165, 1.54) is 0 Å². The Labute approximate surface area is 158 Å². The number of rotatable bonds is 7. The molecule has 1 N–H and O–H groups in total. The van der Waals surface area contributed by atoms with Gasteiger partial charge in [0.15, 0.2) is 5.65 Å². The van der Waals surface area contributed by atoms with Crippen molar-refractivity contribution in [3.63, 3.8) is 0 Å². The van der Waals surface area contributed by atoms with Crippen LogP contribution in [0.5, 0.6) is 0 Å². The highest BCUT2D eigenvalue weighted by atomic mass is 16.2. The average Bonchev–Trinajstić information content (AvgIpc) is 3.37. The van der Waals surface area contributed by atoms with Gasteiger partial charge >= 0.3 is 0 Å². The molecule has 1 aliphatic rings. The third kappa shape index (κ3) is 3.98. The van der Waals surface area contributed by atoms with Crippen molar-refractivity contribution in [3.05, 3.63) is 60.3 Å². The third-order valence-corrected chi connectivity index (χ3v) is 5.02. The number of nitrogens with zero attached hydrogens (tertiary/aromatic N) is 5. The lowest BCUT2D eigenvalue weighted by Gasteiger charge is -2.26. The van der Waals surface area contributed by atoms with Gasteiger partial charge in [-0.15, -0.1) is 10.2 Å². The van der Waals surface area contributed by atoms with Crippen molar-refractivity contribution in [3.8, 4) is 0 Å². The fraction of sp³-hybridized carbons (Fsp3) is 0.400. The summed E-state index contributed by atoms with van der Waals surface area (Å²) in [7, 11) is 0. The minimum Gasteiger partial charge on any atom is -0.354 e. The van der Waals surface area contributed by atoms with Gasteiger partial charge in [0.25, 0.3) is 0 Å². The van der Waals surface area contributed by atoms with Crippen LogP contribution in [0.3, 0.4) is 0 Å². The smallest absolute Gasteiger partial charge is 0.242 e. The molecule has 3 aromatic heterocycles. The molecule has 1 fully saturated rings. The van der Waals surface area contributed by atoms with Crippen LogP contribution >= 0.6 is 0 Å². The second kappa shape index (κ2) is 8.26. The van der Waals surface area contributed by atoms with Crippen LogP contribution in [0.15, 0.2) is 48.9 Å². The van der Waals surface area contributed by atoms with Gasteiger partial charge in [-0.05, 0) is 56.1 Å². The van der Waals surface area contributed by atoms with Gasteiger partial charge in [0.2, 0.25) is 5.91 Å². The summed E-state index contributed by atoms with van der Waals surface area (Å²) in [5.74, 6) is 0.971. The fourth-order valence-electron chi connectivity index (χ4n) is 3.68. The Morgan fingerprint density at radius 3 is 2.85 bits per heavy atom. The number of carbonyl (C=O) groups excluding carboxylic acids is 1. The van der Waals surface area contributed by atoms with E-state index in [0.29, 0.717) is 6.54 Å². The normalized spacial score (nSPS) is 15.9. The summed E-state index contributed by atoms with van der Waals surface area (Å²) in [4.78, 5) is 19.3. The van der Waals surface area contributed by atoms with E-state index in [-0.39, 0.29) is 11.9 Å². The summed E-state index contributed by atoms with van der Waals surface area (Å²) in [5, 5.41) is 11.5. The van der Waals surface area contributed by atoms with Crippen molar-refractivity contribution < 1.29 is 4.79 Å². The Morgan fingerprint density at radius 1 is 1.15 bits per heavy atom. The predicted molar refractivity (Wildman–Crippen MR) is 102 cm³/mol. The maximum absolute atomic E-state index is 12.9. The zero-order valence-corrected chi connectivity index (χ0v) is 15.3. The number of amides is 1. The number of fused-ring (bicyclic) bond motifs is 1. The molecule has 1 atom stereocenters. The lowest BCUT2D eigenvalue weighted by Crippen LogP contribution is -2.39. The quantitative estimate of drug-likeness (QED) is 0.649. The van der Waals surface area contributed by atoms with E-state index < -0.39 is 0 Å². The van der Waals surface area contributed by atoms with E-state index in [9.17, 15) is 4.79 Å². The molecule has 0 radical (unpaired) electrons. The van der Waals surface area contributed by atoms with Gasteiger partial charge < -0.3 is 5.32 Å². The third-order valence-electron chi connectivity index (χ3n) is 5.02. The first kappa shape index (κ1) is 17.6. The second-order valence-electron chi connectivity index (χ2n) is 6.87. The fourth-order valence-corrected chi connectivity index (χ4v) is 3.68. The minimum atomic E-state index is -0.255. The summed E-state index contributed by atoms with van der Waals surface area (Å²) >= 11 is 0. The number of pyridine rings is 2. The lowest BCUT2D eigenvalue weighted by atomic mass is 10.1. The number of hydrogen-bond acceptors (Lipinski definition) is 5. The Bertz CT molecular complexity index is 888. The molecule has 0 aliphatic carbocycles. The topological polar surface area (TPSA) is 75.4 Å². The number of nitrogens with one attached hydrogen (secondary N) is 1. The molecule has 140 valence electrons. The Balaban J connectivity index is 1.35. The predicted octanol–water partition coefficient (Wildman–Crippen LogP) is 2.01. The zero-order chi connectivity index (χ0) is 18.5. The van der Waals surface area contributed by atoms with Crippen LogP contribution in [0, 0.1) is 0 Å². The van der Waals surface area contributed by atoms with Crippen LogP contribution in [-0.4, -0.2) is 50.0 Å². The molecule has 7 nitrogen and oxygen atoms in total. The van der Waals surface area contributed by atoms with E-state index in [4.69, 9.17) is 0 Å². The second-order valence-corrected chi connectivity index (χ2v) is 6.87. The molecule has 4 rings (SSSR count).